The van der Waals surface area contributed by atoms with E-state index in [-0.39, 0.29) is 6.09 Å². The van der Waals surface area contributed by atoms with Gasteiger partial charge in [0.25, 0.3) is 0 Å². The quantitative estimate of drug-likeness (QED) is 0.587. The van der Waals surface area contributed by atoms with Crippen molar-refractivity contribution in [2.24, 2.45) is 5.92 Å². The maximum Gasteiger partial charge on any atom is 0.410 e. The molecule has 2 aromatic rings. The van der Waals surface area contributed by atoms with Crippen LogP contribution in [0.2, 0.25) is 0 Å². The number of piperidine rings is 1. The maximum atomic E-state index is 12.4. The molecule has 1 aliphatic heterocycles. The second-order valence-electron chi connectivity index (χ2n) is 9.17. The molecule has 5 heteroatoms. The van der Waals surface area contributed by atoms with Crippen LogP contribution in [-0.2, 0) is 17.6 Å². The zero-order valence-corrected chi connectivity index (χ0v) is 19.2. The van der Waals surface area contributed by atoms with Crippen molar-refractivity contribution in [2.75, 3.05) is 26.8 Å². The monoisotopic (exact) mass is 425 g/mol. The summed E-state index contributed by atoms with van der Waals surface area (Å²) in [6.45, 7) is 7.73. The highest BCUT2D eigenvalue weighted by Gasteiger charge is 2.28. The van der Waals surface area contributed by atoms with Crippen molar-refractivity contribution >= 4 is 6.09 Å². The number of hydrogen-bond donors (Lipinski definition) is 0. The lowest BCUT2D eigenvalue weighted by atomic mass is 9.99. The Kier molecular flexibility index (Phi) is 7.83. The number of ether oxygens (including phenoxy) is 3. The molecule has 0 saturated carbocycles. The third kappa shape index (κ3) is 6.91. The van der Waals surface area contributed by atoms with Gasteiger partial charge < -0.3 is 19.1 Å². The molecule has 0 spiro atoms. The number of benzene rings is 2. The molecular formula is C26H35NO4. The van der Waals surface area contributed by atoms with Crippen LogP contribution in [-0.4, -0.2) is 43.4 Å². The van der Waals surface area contributed by atoms with Crippen LogP contribution >= 0.6 is 0 Å². The van der Waals surface area contributed by atoms with Gasteiger partial charge in [-0.25, -0.2) is 4.79 Å². The number of methoxy groups -OCH3 is 1. The summed E-state index contributed by atoms with van der Waals surface area (Å²) in [6.07, 6.45) is 3.58. The molecule has 1 amide bonds. The van der Waals surface area contributed by atoms with Gasteiger partial charge >= 0.3 is 6.09 Å². The summed E-state index contributed by atoms with van der Waals surface area (Å²) in [7, 11) is 1.71. The smallest absolute Gasteiger partial charge is 0.410 e. The van der Waals surface area contributed by atoms with E-state index in [1.165, 1.54) is 11.1 Å². The van der Waals surface area contributed by atoms with Crippen LogP contribution < -0.4 is 9.47 Å². The van der Waals surface area contributed by atoms with Crippen LogP contribution in [0, 0.1) is 5.92 Å². The summed E-state index contributed by atoms with van der Waals surface area (Å²) < 4.78 is 17.3. The summed E-state index contributed by atoms with van der Waals surface area (Å²) in [5.74, 6) is 2.15. The highest BCUT2D eigenvalue weighted by Crippen LogP contribution is 2.26. The molecule has 1 unspecified atom stereocenters. The molecule has 31 heavy (non-hydrogen) atoms. The number of carbonyl (C=O) groups excluding carboxylic acids is 1. The SMILES string of the molecule is COc1ccccc1CCc1ccccc1OCC1CCCN(C(=O)OC(C)(C)C)C1. The van der Waals surface area contributed by atoms with Crippen LogP contribution in [0.1, 0.15) is 44.7 Å². The standard InChI is InChI=1S/C26H35NO4/c1-26(2,3)31-25(28)27-17-9-10-20(18-27)19-30-24-14-8-6-12-22(24)16-15-21-11-5-7-13-23(21)29-4/h5-8,11-14,20H,9-10,15-19H2,1-4H3. The van der Waals surface area contributed by atoms with Crippen molar-refractivity contribution in [3.63, 3.8) is 0 Å². The molecule has 0 radical (unpaired) electrons. The normalized spacial score (nSPS) is 16.6. The van der Waals surface area contributed by atoms with Gasteiger partial charge in [0.2, 0.25) is 0 Å². The minimum atomic E-state index is -0.471. The Balaban J connectivity index is 1.56. The van der Waals surface area contributed by atoms with E-state index in [2.05, 4.69) is 18.2 Å². The van der Waals surface area contributed by atoms with E-state index in [0.29, 0.717) is 19.1 Å². The minimum absolute atomic E-state index is 0.227. The van der Waals surface area contributed by atoms with Gasteiger partial charge in [0.15, 0.2) is 0 Å². The van der Waals surface area contributed by atoms with Crippen LogP contribution in [0.15, 0.2) is 48.5 Å². The van der Waals surface area contributed by atoms with E-state index >= 15 is 0 Å². The second kappa shape index (κ2) is 10.6. The van der Waals surface area contributed by atoms with Gasteiger partial charge in [-0.1, -0.05) is 36.4 Å². The molecule has 0 N–H and O–H groups in total. The number of nitrogens with zero attached hydrogens (tertiary/aromatic N) is 1. The van der Waals surface area contributed by atoms with Gasteiger partial charge in [-0.15, -0.1) is 0 Å². The molecule has 0 aromatic heterocycles. The summed E-state index contributed by atoms with van der Waals surface area (Å²) in [5.41, 5.74) is 1.91. The molecule has 1 saturated heterocycles. The first-order valence-corrected chi connectivity index (χ1v) is 11.2. The lowest BCUT2D eigenvalue weighted by Crippen LogP contribution is -2.44. The van der Waals surface area contributed by atoms with Gasteiger partial charge in [0, 0.05) is 19.0 Å². The first-order valence-electron chi connectivity index (χ1n) is 11.2. The first kappa shape index (κ1) is 23.0. The van der Waals surface area contributed by atoms with Crippen molar-refractivity contribution in [3.05, 3.63) is 59.7 Å². The van der Waals surface area contributed by atoms with Crippen LogP contribution in [0.5, 0.6) is 11.5 Å². The third-order valence-corrected chi connectivity index (χ3v) is 5.47. The number of carbonyl (C=O) groups is 1. The Hall–Kier alpha value is -2.69. The molecule has 3 rings (SSSR count). The van der Waals surface area contributed by atoms with Crippen LogP contribution in [0.25, 0.3) is 0 Å². The van der Waals surface area contributed by atoms with Gasteiger partial charge in [-0.05, 0) is 69.7 Å². The number of aryl methyl sites for hydroxylation is 2. The predicted octanol–water partition coefficient (Wildman–Crippen LogP) is 5.51. The van der Waals surface area contributed by atoms with Crippen molar-refractivity contribution in [2.45, 2.75) is 52.1 Å². The average molecular weight is 426 g/mol. The van der Waals surface area contributed by atoms with E-state index in [0.717, 1.165) is 43.7 Å². The molecule has 1 atom stereocenters. The Morgan fingerprint density at radius 3 is 2.26 bits per heavy atom. The molecule has 2 aromatic carbocycles. The fourth-order valence-corrected chi connectivity index (χ4v) is 3.93. The van der Waals surface area contributed by atoms with Crippen LogP contribution in [0.4, 0.5) is 4.79 Å². The Morgan fingerprint density at radius 2 is 1.61 bits per heavy atom. The molecule has 1 fully saturated rings. The van der Waals surface area contributed by atoms with Crippen molar-refractivity contribution in [3.8, 4) is 11.5 Å². The Labute approximate surface area is 186 Å². The lowest BCUT2D eigenvalue weighted by Gasteiger charge is -2.34. The topological polar surface area (TPSA) is 48.0 Å². The van der Waals surface area contributed by atoms with Gasteiger partial charge in [0.1, 0.15) is 17.1 Å². The maximum absolute atomic E-state index is 12.4. The van der Waals surface area contributed by atoms with E-state index in [1.807, 2.05) is 56.0 Å². The molecule has 0 bridgehead atoms. The molecule has 5 nitrogen and oxygen atoms in total. The predicted molar refractivity (Wildman–Crippen MR) is 123 cm³/mol. The number of para-hydroxylation sites is 2. The summed E-state index contributed by atoms with van der Waals surface area (Å²) in [5, 5.41) is 0. The molecule has 0 aliphatic carbocycles. The van der Waals surface area contributed by atoms with E-state index in [1.54, 1.807) is 7.11 Å². The largest absolute Gasteiger partial charge is 0.496 e. The van der Waals surface area contributed by atoms with Gasteiger partial charge in [-0.3, -0.25) is 0 Å². The molecule has 1 heterocycles. The summed E-state index contributed by atoms with van der Waals surface area (Å²) >= 11 is 0. The van der Waals surface area contributed by atoms with Gasteiger partial charge in [0.05, 0.1) is 13.7 Å². The van der Waals surface area contributed by atoms with Crippen molar-refractivity contribution in [1.29, 1.82) is 0 Å². The number of hydrogen-bond acceptors (Lipinski definition) is 4. The van der Waals surface area contributed by atoms with E-state index in [9.17, 15) is 4.79 Å². The minimum Gasteiger partial charge on any atom is -0.496 e. The van der Waals surface area contributed by atoms with E-state index in [4.69, 9.17) is 14.2 Å². The van der Waals surface area contributed by atoms with Crippen molar-refractivity contribution < 1.29 is 19.0 Å². The summed E-state index contributed by atoms with van der Waals surface area (Å²) in [4.78, 5) is 14.2. The fraction of sp³-hybridized carbons (Fsp3) is 0.500. The van der Waals surface area contributed by atoms with Gasteiger partial charge in [-0.2, -0.15) is 0 Å². The Bertz CT molecular complexity index is 858. The highest BCUT2D eigenvalue weighted by atomic mass is 16.6. The first-order chi connectivity index (χ1) is 14.9. The zero-order valence-electron chi connectivity index (χ0n) is 19.2. The fourth-order valence-electron chi connectivity index (χ4n) is 3.93. The number of amides is 1. The molecule has 168 valence electrons. The number of rotatable bonds is 7. The number of likely N-dealkylation sites (tertiary alicyclic amines) is 1. The summed E-state index contributed by atoms with van der Waals surface area (Å²) in [6, 6.07) is 16.4. The molecule has 1 aliphatic rings. The molecular weight excluding hydrogens is 390 g/mol. The zero-order chi connectivity index (χ0) is 22.3. The Morgan fingerprint density at radius 1 is 1.00 bits per heavy atom. The lowest BCUT2D eigenvalue weighted by molar-refractivity contribution is 0.0139. The van der Waals surface area contributed by atoms with Crippen molar-refractivity contribution in [1.82, 2.24) is 4.90 Å². The third-order valence-electron chi connectivity index (χ3n) is 5.47. The van der Waals surface area contributed by atoms with Crippen LogP contribution in [0.3, 0.4) is 0 Å². The second-order valence-corrected chi connectivity index (χ2v) is 9.17. The van der Waals surface area contributed by atoms with E-state index < -0.39 is 5.60 Å². The highest BCUT2D eigenvalue weighted by molar-refractivity contribution is 5.68. The average Bonchev–Trinajstić information content (AvgIpc) is 2.76.